The first-order chi connectivity index (χ1) is 7.25. The van der Waals surface area contributed by atoms with Crippen LogP contribution in [-0.4, -0.2) is 4.98 Å². The Hall–Kier alpha value is -1.68. The summed E-state index contributed by atoms with van der Waals surface area (Å²) in [6, 6.07) is 7.60. The van der Waals surface area contributed by atoms with Gasteiger partial charge in [0.25, 0.3) is 0 Å². The van der Waals surface area contributed by atoms with Crippen molar-refractivity contribution >= 4 is 32.5 Å². The van der Waals surface area contributed by atoms with Crippen molar-refractivity contribution in [2.75, 3.05) is 0 Å². The van der Waals surface area contributed by atoms with E-state index in [4.69, 9.17) is 0 Å². The van der Waals surface area contributed by atoms with Gasteiger partial charge in [-0.25, -0.2) is 4.98 Å². The number of para-hydroxylation sites is 1. The molecule has 3 nitrogen and oxygen atoms in total. The lowest BCUT2D eigenvalue weighted by atomic mass is 10.2. The van der Waals surface area contributed by atoms with Gasteiger partial charge in [0.1, 0.15) is 5.52 Å². The summed E-state index contributed by atoms with van der Waals surface area (Å²) in [5, 5.41) is 13.7. The Labute approximate surface area is 90.2 Å². The topological polar surface area (TPSA) is 39.8 Å². The number of rotatable bonds is 0. The van der Waals surface area contributed by atoms with Crippen molar-refractivity contribution in [2.24, 2.45) is 0 Å². The zero-order valence-electron chi connectivity index (χ0n) is 8.10. The molecule has 0 unspecified atom stereocenters. The Morgan fingerprint density at radius 1 is 1.33 bits per heavy atom. The van der Waals surface area contributed by atoms with Crippen molar-refractivity contribution in [3.8, 4) is 0 Å². The Morgan fingerprint density at radius 2 is 2.13 bits per heavy atom. The highest BCUT2D eigenvalue weighted by Crippen LogP contribution is 2.27. The van der Waals surface area contributed by atoms with Gasteiger partial charge in [-0.2, -0.15) is 4.73 Å². The molecule has 0 fully saturated rings. The van der Waals surface area contributed by atoms with Crippen molar-refractivity contribution in [2.45, 2.75) is 6.92 Å². The van der Waals surface area contributed by atoms with Crippen LogP contribution in [0.2, 0.25) is 0 Å². The Balaban J connectivity index is 2.62. The molecule has 0 atom stereocenters. The van der Waals surface area contributed by atoms with Crippen LogP contribution >= 0.6 is 11.3 Å². The molecule has 0 radical (unpaired) electrons. The first-order valence-electron chi connectivity index (χ1n) is 4.64. The molecule has 3 aromatic rings. The van der Waals surface area contributed by atoms with Crippen molar-refractivity contribution in [3.63, 3.8) is 0 Å². The second-order valence-electron chi connectivity index (χ2n) is 3.42. The molecule has 4 heteroatoms. The molecule has 74 valence electrons. The molecule has 0 saturated heterocycles. The minimum atomic E-state index is 0.702. The lowest BCUT2D eigenvalue weighted by Gasteiger charge is -2.00. The van der Waals surface area contributed by atoms with E-state index >= 15 is 0 Å². The van der Waals surface area contributed by atoms with Crippen LogP contribution in [0.3, 0.4) is 0 Å². The Bertz CT molecular complexity index is 660. The Morgan fingerprint density at radius 3 is 3.00 bits per heavy atom. The molecule has 3 rings (SSSR count). The molecule has 0 amide bonds. The predicted molar refractivity (Wildman–Crippen MR) is 60.8 cm³/mol. The predicted octanol–water partition coefficient (Wildman–Crippen LogP) is 2.39. The summed E-state index contributed by atoms with van der Waals surface area (Å²) >= 11 is 1.63. The first-order valence-corrected chi connectivity index (χ1v) is 5.45. The largest absolute Gasteiger partial charge is 0.618 e. The number of hydrogen-bond acceptors (Lipinski definition) is 3. The van der Waals surface area contributed by atoms with E-state index in [-0.39, 0.29) is 0 Å². The molecule has 0 bridgehead atoms. The van der Waals surface area contributed by atoms with Gasteiger partial charge in [0.2, 0.25) is 11.7 Å². The number of thiazole rings is 1. The molecule has 0 spiro atoms. The van der Waals surface area contributed by atoms with Gasteiger partial charge >= 0.3 is 0 Å². The number of fused-ring (bicyclic) bond motifs is 3. The van der Waals surface area contributed by atoms with Gasteiger partial charge in [0, 0.05) is 6.07 Å². The maximum Gasteiger partial charge on any atom is 0.225 e. The minimum absolute atomic E-state index is 0.702. The van der Waals surface area contributed by atoms with Gasteiger partial charge in [0.15, 0.2) is 0 Å². The molecule has 0 aliphatic heterocycles. The number of nitrogens with zero attached hydrogens (tertiary/aromatic N) is 2. The Kier molecular flexibility index (Phi) is 1.67. The molecule has 15 heavy (non-hydrogen) atoms. The van der Waals surface area contributed by atoms with Crippen molar-refractivity contribution in [3.05, 3.63) is 40.7 Å². The molecular weight excluding hydrogens is 208 g/mol. The van der Waals surface area contributed by atoms with E-state index in [1.165, 1.54) is 0 Å². The average Bonchev–Trinajstić information content (AvgIpc) is 2.59. The van der Waals surface area contributed by atoms with Gasteiger partial charge in [-0.3, -0.25) is 0 Å². The number of aromatic nitrogens is 2. The summed E-state index contributed by atoms with van der Waals surface area (Å²) in [5.41, 5.74) is 1.49. The van der Waals surface area contributed by atoms with Crippen LogP contribution in [0.25, 0.3) is 21.1 Å². The molecule has 2 aromatic heterocycles. The maximum absolute atomic E-state index is 11.7. The third kappa shape index (κ3) is 1.18. The molecule has 0 aliphatic carbocycles. The van der Waals surface area contributed by atoms with Crippen LogP contribution in [0.1, 0.15) is 5.01 Å². The van der Waals surface area contributed by atoms with Crippen LogP contribution in [0.4, 0.5) is 0 Å². The van der Waals surface area contributed by atoms with Gasteiger partial charge in [-0.05, 0) is 13.0 Å². The zero-order valence-corrected chi connectivity index (χ0v) is 8.91. The fraction of sp³-hybridized carbons (Fsp3) is 0.0909. The van der Waals surface area contributed by atoms with Crippen molar-refractivity contribution < 1.29 is 4.73 Å². The second-order valence-corrected chi connectivity index (χ2v) is 4.62. The molecular formula is C11H8N2OS. The smallest absolute Gasteiger partial charge is 0.225 e. The molecule has 0 aliphatic rings. The van der Waals surface area contributed by atoms with Crippen molar-refractivity contribution in [1.29, 1.82) is 0 Å². The number of benzene rings is 1. The summed E-state index contributed by atoms with van der Waals surface area (Å²) in [4.78, 5) is 4.32. The molecule has 0 saturated carbocycles. The lowest BCUT2D eigenvalue weighted by molar-refractivity contribution is -0.575. The van der Waals surface area contributed by atoms with Crippen LogP contribution in [-0.2, 0) is 0 Å². The van der Waals surface area contributed by atoms with E-state index in [2.05, 4.69) is 4.98 Å². The van der Waals surface area contributed by atoms with E-state index in [9.17, 15) is 5.21 Å². The highest BCUT2D eigenvalue weighted by molar-refractivity contribution is 7.19. The van der Waals surface area contributed by atoms with E-state index < -0.39 is 0 Å². The summed E-state index contributed by atoms with van der Waals surface area (Å²) in [7, 11) is 0. The van der Waals surface area contributed by atoms with Crippen LogP contribution in [0.15, 0.2) is 30.5 Å². The van der Waals surface area contributed by atoms with E-state index in [0.29, 0.717) is 5.52 Å². The standard InChI is InChI=1S/C11H8N2OS/c1-7-12-9-6-13(14)10-5-3-2-4-8(10)11(9)15-7/h2-6H,1H3. The number of hydrogen-bond donors (Lipinski definition) is 0. The van der Waals surface area contributed by atoms with Gasteiger partial charge in [0.05, 0.1) is 15.1 Å². The normalized spacial score (nSPS) is 11.3. The van der Waals surface area contributed by atoms with E-state index in [1.807, 2.05) is 31.2 Å². The van der Waals surface area contributed by atoms with Gasteiger partial charge in [-0.15, -0.1) is 11.3 Å². The third-order valence-electron chi connectivity index (χ3n) is 2.39. The van der Waals surface area contributed by atoms with E-state index in [0.717, 1.165) is 25.3 Å². The molecule has 1 aromatic carbocycles. The van der Waals surface area contributed by atoms with Crippen LogP contribution in [0, 0.1) is 12.1 Å². The van der Waals surface area contributed by atoms with E-state index in [1.54, 1.807) is 17.5 Å². The average molecular weight is 216 g/mol. The zero-order chi connectivity index (χ0) is 10.4. The molecule has 0 N–H and O–H groups in total. The quantitative estimate of drug-likeness (QED) is 0.427. The monoisotopic (exact) mass is 216 g/mol. The summed E-state index contributed by atoms with van der Waals surface area (Å²) in [5.74, 6) is 0. The first kappa shape index (κ1) is 8.61. The summed E-state index contributed by atoms with van der Waals surface area (Å²) in [6.07, 6.45) is 1.54. The highest BCUT2D eigenvalue weighted by Gasteiger charge is 2.11. The number of pyridine rings is 1. The highest BCUT2D eigenvalue weighted by atomic mass is 32.1. The molecule has 2 heterocycles. The van der Waals surface area contributed by atoms with Crippen LogP contribution < -0.4 is 4.73 Å². The van der Waals surface area contributed by atoms with Gasteiger partial charge in [-0.1, -0.05) is 12.1 Å². The number of aryl methyl sites for hydroxylation is 1. The SMILES string of the molecule is Cc1nc2c[n+]([O-])c3ccccc3c2s1. The lowest BCUT2D eigenvalue weighted by Crippen LogP contribution is -2.26. The van der Waals surface area contributed by atoms with Gasteiger partial charge < -0.3 is 5.21 Å². The fourth-order valence-electron chi connectivity index (χ4n) is 1.76. The third-order valence-corrected chi connectivity index (χ3v) is 3.41. The second kappa shape index (κ2) is 2.90. The summed E-state index contributed by atoms with van der Waals surface area (Å²) in [6.45, 7) is 1.95. The maximum atomic E-state index is 11.7. The summed E-state index contributed by atoms with van der Waals surface area (Å²) < 4.78 is 1.98. The fourth-order valence-corrected chi connectivity index (χ4v) is 2.69. The van der Waals surface area contributed by atoms with Crippen LogP contribution in [0.5, 0.6) is 0 Å². The minimum Gasteiger partial charge on any atom is -0.618 e. The van der Waals surface area contributed by atoms with Crippen molar-refractivity contribution in [1.82, 2.24) is 4.98 Å².